The zero-order valence-electron chi connectivity index (χ0n) is 17.7. The lowest BCUT2D eigenvalue weighted by Crippen LogP contribution is -2.55. The molecule has 1 amide bonds. The summed E-state index contributed by atoms with van der Waals surface area (Å²) >= 11 is 0. The van der Waals surface area contributed by atoms with Gasteiger partial charge in [-0.05, 0) is 31.2 Å². The first-order valence-electron chi connectivity index (χ1n) is 9.83. The normalized spacial score (nSPS) is 13.5. The van der Waals surface area contributed by atoms with E-state index in [1.54, 1.807) is 12.1 Å². The first-order chi connectivity index (χ1) is 16.1. The average Bonchev–Trinajstić information content (AvgIpc) is 2.77. The van der Waals surface area contributed by atoms with Gasteiger partial charge >= 0.3 is 5.97 Å². The van der Waals surface area contributed by atoms with Crippen LogP contribution in [0, 0.1) is 28.6 Å². The highest BCUT2D eigenvalue weighted by molar-refractivity contribution is 7.90. The molecule has 2 aromatic rings. The lowest BCUT2D eigenvalue weighted by atomic mass is 9.98. The third kappa shape index (κ3) is 4.94. The van der Waals surface area contributed by atoms with E-state index < -0.39 is 45.5 Å². The zero-order valence-corrected chi connectivity index (χ0v) is 18.5. The summed E-state index contributed by atoms with van der Waals surface area (Å²) in [6, 6.07) is 9.65. The second-order valence-corrected chi connectivity index (χ2v) is 8.82. The molecule has 1 aromatic carbocycles. The lowest BCUT2D eigenvalue weighted by molar-refractivity contribution is -0.123. The summed E-state index contributed by atoms with van der Waals surface area (Å²) in [6.07, 6.45) is -3.12. The fourth-order valence-electron chi connectivity index (χ4n) is 3.20. The molecular weight excluding hydrogens is 472 g/mol. The fraction of sp³-hybridized carbons (Fsp3) is 0.286. The van der Waals surface area contributed by atoms with Gasteiger partial charge in [0, 0.05) is 13.1 Å². The molecular formula is C21H17F2N5O5S. The van der Waals surface area contributed by atoms with Gasteiger partial charge < -0.3 is 9.64 Å². The number of nitriles is 2. The number of benzene rings is 1. The second kappa shape index (κ2) is 9.80. The number of nitrogens with zero attached hydrogens (tertiary/aromatic N) is 4. The van der Waals surface area contributed by atoms with Crippen molar-refractivity contribution in [1.29, 1.82) is 10.5 Å². The van der Waals surface area contributed by atoms with Crippen molar-refractivity contribution < 1.29 is 31.5 Å². The van der Waals surface area contributed by atoms with Crippen LogP contribution in [0.15, 0.2) is 35.2 Å². The predicted octanol–water partition coefficient (Wildman–Crippen LogP) is 1.88. The standard InChI is InChI=1S/C21H17F2N5O5S/c1-2-33-21(30)16-7-13(9-25)19(26-17(16)18(22)23)28-10-14(11-28)20(29)27-34(31,32)15-5-3-4-12(6-15)8-24/h3-7,14,18H,2,10-11H2,1H3,(H,27,29). The van der Waals surface area contributed by atoms with E-state index in [0.717, 1.165) is 12.1 Å². The van der Waals surface area contributed by atoms with Gasteiger partial charge in [-0.3, -0.25) is 4.79 Å². The smallest absolute Gasteiger partial charge is 0.340 e. The van der Waals surface area contributed by atoms with Gasteiger partial charge in [-0.15, -0.1) is 0 Å². The minimum absolute atomic E-state index is 0.0578. The van der Waals surface area contributed by atoms with Crippen molar-refractivity contribution in [2.45, 2.75) is 18.2 Å². The quantitative estimate of drug-likeness (QED) is 0.574. The molecule has 1 aliphatic rings. The molecule has 0 aliphatic carbocycles. The van der Waals surface area contributed by atoms with Crippen molar-refractivity contribution in [3.63, 3.8) is 0 Å². The first kappa shape index (κ1) is 24.5. The van der Waals surface area contributed by atoms with Crippen LogP contribution in [0.4, 0.5) is 14.6 Å². The highest BCUT2D eigenvalue weighted by Crippen LogP contribution is 2.31. The number of ether oxygens (including phenoxy) is 1. The number of esters is 1. The number of anilines is 1. The highest BCUT2D eigenvalue weighted by atomic mass is 32.2. The van der Waals surface area contributed by atoms with Gasteiger partial charge in [0.2, 0.25) is 5.91 Å². The molecule has 176 valence electrons. The Morgan fingerprint density at radius 2 is 1.97 bits per heavy atom. The van der Waals surface area contributed by atoms with Gasteiger partial charge in [0.25, 0.3) is 16.4 Å². The highest BCUT2D eigenvalue weighted by Gasteiger charge is 2.38. The van der Waals surface area contributed by atoms with Crippen molar-refractivity contribution in [2.75, 3.05) is 24.6 Å². The Kier molecular flexibility index (Phi) is 7.08. The summed E-state index contributed by atoms with van der Waals surface area (Å²) in [4.78, 5) is 29.3. The Bertz CT molecular complexity index is 1330. The largest absolute Gasteiger partial charge is 0.462 e. The number of carbonyl (C=O) groups excluding carboxylic acids is 2. The molecule has 10 nitrogen and oxygen atoms in total. The molecule has 0 saturated carbocycles. The van der Waals surface area contributed by atoms with E-state index in [0.29, 0.717) is 0 Å². The maximum atomic E-state index is 13.5. The van der Waals surface area contributed by atoms with E-state index >= 15 is 0 Å². The van der Waals surface area contributed by atoms with E-state index in [1.807, 2.05) is 4.72 Å². The molecule has 2 heterocycles. The first-order valence-corrected chi connectivity index (χ1v) is 11.3. The van der Waals surface area contributed by atoms with Gasteiger partial charge in [0.1, 0.15) is 17.6 Å². The van der Waals surface area contributed by atoms with Crippen molar-refractivity contribution in [3.8, 4) is 12.1 Å². The van der Waals surface area contributed by atoms with Crippen molar-refractivity contribution >= 4 is 27.7 Å². The number of pyridine rings is 1. The summed E-state index contributed by atoms with van der Waals surface area (Å²) in [7, 11) is -4.23. The van der Waals surface area contributed by atoms with Crippen LogP contribution < -0.4 is 9.62 Å². The van der Waals surface area contributed by atoms with Gasteiger partial charge in [0.05, 0.1) is 40.2 Å². The van der Waals surface area contributed by atoms with E-state index in [9.17, 15) is 32.0 Å². The molecule has 3 rings (SSSR count). The topological polar surface area (TPSA) is 153 Å². The Labute approximate surface area is 193 Å². The van der Waals surface area contributed by atoms with E-state index in [-0.39, 0.29) is 41.5 Å². The zero-order chi connectivity index (χ0) is 25.0. The predicted molar refractivity (Wildman–Crippen MR) is 112 cm³/mol. The number of amides is 1. The molecule has 1 fully saturated rings. The molecule has 0 unspecified atom stereocenters. The van der Waals surface area contributed by atoms with Crippen LogP contribution in [-0.4, -0.2) is 45.0 Å². The molecule has 34 heavy (non-hydrogen) atoms. The van der Waals surface area contributed by atoms with Crippen LogP contribution in [0.25, 0.3) is 0 Å². The minimum atomic E-state index is -4.23. The maximum absolute atomic E-state index is 13.5. The van der Waals surface area contributed by atoms with Crippen LogP contribution in [-0.2, 0) is 19.6 Å². The number of hydrogen-bond acceptors (Lipinski definition) is 9. The van der Waals surface area contributed by atoms with Gasteiger partial charge in [-0.25, -0.2) is 31.7 Å². The molecule has 13 heteroatoms. The van der Waals surface area contributed by atoms with Crippen molar-refractivity contribution in [1.82, 2.24) is 9.71 Å². The fourth-order valence-corrected chi connectivity index (χ4v) is 4.29. The van der Waals surface area contributed by atoms with Crippen LogP contribution in [0.5, 0.6) is 0 Å². The number of alkyl halides is 2. The number of nitrogens with one attached hydrogen (secondary N) is 1. The second-order valence-electron chi connectivity index (χ2n) is 7.14. The molecule has 0 bridgehead atoms. The SMILES string of the molecule is CCOC(=O)c1cc(C#N)c(N2CC(C(=O)NS(=O)(=O)c3cccc(C#N)c3)C2)nc1C(F)F. The van der Waals surface area contributed by atoms with Gasteiger partial charge in [-0.2, -0.15) is 10.5 Å². The number of rotatable bonds is 7. The third-order valence-electron chi connectivity index (χ3n) is 4.91. The maximum Gasteiger partial charge on any atom is 0.340 e. The number of carbonyl (C=O) groups is 2. The van der Waals surface area contributed by atoms with Crippen molar-refractivity contribution in [3.05, 3.63) is 52.7 Å². The van der Waals surface area contributed by atoms with Gasteiger partial charge in [0.15, 0.2) is 0 Å². The molecule has 0 atom stereocenters. The third-order valence-corrected chi connectivity index (χ3v) is 6.26. The molecule has 1 saturated heterocycles. The van der Waals surface area contributed by atoms with Crippen LogP contribution in [0.1, 0.15) is 40.5 Å². The van der Waals surface area contributed by atoms with Gasteiger partial charge in [-0.1, -0.05) is 6.07 Å². The Morgan fingerprint density at radius 3 is 2.56 bits per heavy atom. The molecule has 1 N–H and O–H groups in total. The molecule has 0 spiro atoms. The number of hydrogen-bond donors (Lipinski definition) is 1. The molecule has 0 radical (unpaired) electrons. The lowest BCUT2D eigenvalue weighted by Gasteiger charge is -2.39. The van der Waals surface area contributed by atoms with E-state index in [1.165, 1.54) is 30.0 Å². The number of sulfonamides is 1. The summed E-state index contributed by atoms with van der Waals surface area (Å²) in [5.74, 6) is -2.87. The number of aromatic nitrogens is 1. The summed E-state index contributed by atoms with van der Waals surface area (Å²) in [5.41, 5.74) is -1.47. The Hall–Kier alpha value is -4.10. The van der Waals surface area contributed by atoms with Crippen LogP contribution >= 0.6 is 0 Å². The number of halogens is 2. The minimum Gasteiger partial charge on any atom is -0.462 e. The Morgan fingerprint density at radius 1 is 1.26 bits per heavy atom. The molecule has 1 aliphatic heterocycles. The summed E-state index contributed by atoms with van der Waals surface area (Å²) in [5, 5.41) is 18.3. The molecule has 1 aromatic heterocycles. The van der Waals surface area contributed by atoms with Crippen LogP contribution in [0.2, 0.25) is 0 Å². The van der Waals surface area contributed by atoms with E-state index in [2.05, 4.69) is 4.98 Å². The Balaban J connectivity index is 1.77. The van der Waals surface area contributed by atoms with E-state index in [4.69, 9.17) is 10.00 Å². The monoisotopic (exact) mass is 489 g/mol. The van der Waals surface area contributed by atoms with Crippen molar-refractivity contribution in [2.24, 2.45) is 5.92 Å². The summed E-state index contributed by atoms with van der Waals surface area (Å²) < 4.78 is 58.6. The average molecular weight is 489 g/mol. The summed E-state index contributed by atoms with van der Waals surface area (Å²) in [6.45, 7) is 1.25. The van der Waals surface area contributed by atoms with Crippen LogP contribution in [0.3, 0.4) is 0 Å².